The second-order valence-electron chi connectivity index (χ2n) is 5.23. The molecule has 0 saturated heterocycles. The number of hydrogen-bond donors (Lipinski definition) is 2. The van der Waals surface area contributed by atoms with Gasteiger partial charge in [0, 0.05) is 12.1 Å². The largest absolute Gasteiger partial charge is 0.484 e. The Balaban J connectivity index is 3.06. The van der Waals surface area contributed by atoms with Crippen LogP contribution in [0, 0.1) is 16.0 Å². The number of hydrogen-bond acceptors (Lipinski definition) is 5. The van der Waals surface area contributed by atoms with Crippen molar-refractivity contribution in [1.29, 1.82) is 0 Å². The minimum Gasteiger partial charge on any atom is -0.484 e. The third-order valence-corrected chi connectivity index (χ3v) is 3.31. The van der Waals surface area contributed by atoms with E-state index in [1.54, 1.807) is 0 Å². The van der Waals surface area contributed by atoms with Gasteiger partial charge in [0.05, 0.1) is 10.8 Å². The number of carboxylic acids is 1. The number of amides is 1. The zero-order valence-corrected chi connectivity index (χ0v) is 13.2. The first-order valence-corrected chi connectivity index (χ1v) is 6.94. The molecule has 138 valence electrons. The lowest BCUT2D eigenvalue weighted by Crippen LogP contribution is -2.40. The molecule has 0 aliphatic carbocycles. The molecule has 1 aromatic rings. The molecule has 0 aromatic heterocycles. The predicted octanol–water partition coefficient (Wildman–Crippen LogP) is 2.37. The molecule has 0 aliphatic rings. The van der Waals surface area contributed by atoms with Crippen LogP contribution in [0.25, 0.3) is 0 Å². The third-order valence-electron chi connectivity index (χ3n) is 3.31. The highest BCUT2D eigenvalue weighted by Gasteiger charge is 2.30. The number of rotatable bonds is 7. The van der Waals surface area contributed by atoms with Gasteiger partial charge in [-0.3, -0.25) is 19.7 Å². The van der Waals surface area contributed by atoms with Crippen molar-refractivity contribution >= 4 is 17.6 Å². The first-order valence-electron chi connectivity index (χ1n) is 6.94. The van der Waals surface area contributed by atoms with Crippen molar-refractivity contribution in [1.82, 2.24) is 5.32 Å². The van der Waals surface area contributed by atoms with Gasteiger partial charge in [0.15, 0.2) is 6.61 Å². The van der Waals surface area contributed by atoms with Gasteiger partial charge in [-0.05, 0) is 26.0 Å². The van der Waals surface area contributed by atoms with E-state index in [4.69, 9.17) is 5.11 Å². The lowest BCUT2D eigenvalue weighted by Gasteiger charge is -2.18. The summed E-state index contributed by atoms with van der Waals surface area (Å²) in [5, 5.41) is 22.1. The van der Waals surface area contributed by atoms with E-state index in [1.165, 1.54) is 13.8 Å². The maximum Gasteiger partial charge on any atom is 0.422 e. The van der Waals surface area contributed by atoms with Gasteiger partial charge in [-0.2, -0.15) is 13.2 Å². The summed E-state index contributed by atoms with van der Waals surface area (Å²) in [6.45, 7) is 1.08. The smallest absolute Gasteiger partial charge is 0.422 e. The minimum absolute atomic E-state index is 0.382. The van der Waals surface area contributed by atoms with Crippen LogP contribution in [-0.4, -0.2) is 40.7 Å². The number of carboxylic acid groups (broad SMARTS) is 1. The van der Waals surface area contributed by atoms with Gasteiger partial charge in [-0.1, -0.05) is 0 Å². The number of benzene rings is 1. The molecule has 0 saturated carbocycles. The molecule has 0 spiro atoms. The summed E-state index contributed by atoms with van der Waals surface area (Å²) in [6.07, 6.45) is -4.62. The van der Waals surface area contributed by atoms with Gasteiger partial charge in [0.25, 0.3) is 11.6 Å². The molecule has 1 rings (SSSR count). The van der Waals surface area contributed by atoms with Gasteiger partial charge >= 0.3 is 12.1 Å². The standard InChI is InChI=1S/C14H15F3N2O6/c1-7(13(21)22)8(2)18-12(20)10-5-9(25-6-14(15,16)17)3-4-11(10)19(23)24/h3-5,7-8H,6H2,1-2H3,(H,18,20)(H,21,22). The van der Waals surface area contributed by atoms with Gasteiger partial charge < -0.3 is 15.2 Å². The summed E-state index contributed by atoms with van der Waals surface area (Å²) in [7, 11) is 0. The average Bonchev–Trinajstić information content (AvgIpc) is 2.50. The van der Waals surface area contributed by atoms with Crippen LogP contribution in [0.1, 0.15) is 24.2 Å². The fraction of sp³-hybridized carbons (Fsp3) is 0.429. The van der Waals surface area contributed by atoms with Crippen LogP contribution in [-0.2, 0) is 4.79 Å². The van der Waals surface area contributed by atoms with E-state index in [2.05, 4.69) is 10.1 Å². The van der Waals surface area contributed by atoms with Crippen molar-refractivity contribution in [3.63, 3.8) is 0 Å². The minimum atomic E-state index is -4.62. The van der Waals surface area contributed by atoms with E-state index in [9.17, 15) is 32.9 Å². The number of nitro benzene ring substituents is 1. The van der Waals surface area contributed by atoms with Crippen LogP contribution in [0.15, 0.2) is 18.2 Å². The topological polar surface area (TPSA) is 119 Å². The molecule has 0 aliphatic heterocycles. The van der Waals surface area contributed by atoms with Crippen molar-refractivity contribution in [3.05, 3.63) is 33.9 Å². The van der Waals surface area contributed by atoms with Crippen molar-refractivity contribution in [2.45, 2.75) is 26.1 Å². The average molecular weight is 364 g/mol. The van der Waals surface area contributed by atoms with E-state index >= 15 is 0 Å². The Morgan fingerprint density at radius 3 is 2.44 bits per heavy atom. The van der Waals surface area contributed by atoms with E-state index in [-0.39, 0.29) is 5.75 Å². The summed E-state index contributed by atoms with van der Waals surface area (Å²) < 4.78 is 41.0. The highest BCUT2D eigenvalue weighted by Crippen LogP contribution is 2.26. The number of halogens is 3. The quantitative estimate of drug-likeness (QED) is 0.566. The molecule has 1 aromatic carbocycles. The van der Waals surface area contributed by atoms with E-state index in [0.717, 1.165) is 18.2 Å². The van der Waals surface area contributed by atoms with Gasteiger partial charge in [-0.25, -0.2) is 0 Å². The molecular weight excluding hydrogens is 349 g/mol. The summed E-state index contributed by atoms with van der Waals surface area (Å²) in [4.78, 5) is 33.2. The molecule has 0 heterocycles. The number of nitrogens with one attached hydrogen (secondary N) is 1. The number of carbonyl (C=O) groups is 2. The SMILES string of the molecule is CC(NC(=O)c1cc(OCC(F)(F)F)ccc1[N+](=O)[O-])C(C)C(=O)O. The Labute approximate surface area is 139 Å². The van der Waals surface area contributed by atoms with Crippen LogP contribution < -0.4 is 10.1 Å². The number of aliphatic carboxylic acids is 1. The molecule has 2 N–H and O–H groups in total. The van der Waals surface area contributed by atoms with Crippen molar-refractivity contribution < 1.29 is 37.5 Å². The molecule has 2 unspecified atom stereocenters. The summed E-state index contributed by atoms with van der Waals surface area (Å²) >= 11 is 0. The van der Waals surface area contributed by atoms with Gasteiger partial charge in [0.1, 0.15) is 11.3 Å². The number of nitrogens with zero attached hydrogens (tertiary/aromatic N) is 1. The highest BCUT2D eigenvalue weighted by atomic mass is 19.4. The Bertz CT molecular complexity index is 677. The van der Waals surface area contributed by atoms with Crippen molar-refractivity contribution in [3.8, 4) is 5.75 Å². The Morgan fingerprint density at radius 1 is 1.36 bits per heavy atom. The zero-order chi connectivity index (χ0) is 19.4. The summed E-state index contributed by atoms with van der Waals surface area (Å²) in [5.74, 6) is -3.55. The van der Waals surface area contributed by atoms with Crippen LogP contribution in [0.2, 0.25) is 0 Å². The third kappa shape index (κ3) is 5.94. The van der Waals surface area contributed by atoms with E-state index in [0.29, 0.717) is 0 Å². The van der Waals surface area contributed by atoms with Gasteiger partial charge in [-0.15, -0.1) is 0 Å². The molecule has 8 nitrogen and oxygen atoms in total. The number of alkyl halides is 3. The number of carbonyl (C=O) groups excluding carboxylic acids is 1. The molecule has 11 heteroatoms. The molecule has 1 amide bonds. The molecule has 0 bridgehead atoms. The van der Waals surface area contributed by atoms with E-state index in [1.807, 2.05) is 0 Å². The second kappa shape index (κ2) is 7.81. The second-order valence-corrected chi connectivity index (χ2v) is 5.23. The summed E-state index contributed by atoms with van der Waals surface area (Å²) in [5.41, 5.74) is -1.18. The molecule has 0 radical (unpaired) electrons. The lowest BCUT2D eigenvalue weighted by atomic mass is 10.0. The Morgan fingerprint density at radius 2 is 1.96 bits per heavy atom. The van der Waals surface area contributed by atoms with Crippen molar-refractivity contribution in [2.75, 3.05) is 6.61 Å². The monoisotopic (exact) mass is 364 g/mol. The number of nitro groups is 1. The fourth-order valence-electron chi connectivity index (χ4n) is 1.73. The normalized spacial score (nSPS) is 13.6. The van der Waals surface area contributed by atoms with Crippen molar-refractivity contribution in [2.24, 2.45) is 5.92 Å². The first kappa shape index (κ1) is 20.2. The molecule has 25 heavy (non-hydrogen) atoms. The van der Waals surface area contributed by atoms with Crippen LogP contribution in [0.4, 0.5) is 18.9 Å². The molecular formula is C14H15F3N2O6. The number of ether oxygens (including phenoxy) is 1. The predicted molar refractivity (Wildman–Crippen MR) is 78.4 cm³/mol. The van der Waals surface area contributed by atoms with Gasteiger partial charge in [0.2, 0.25) is 0 Å². The van der Waals surface area contributed by atoms with E-state index < -0.39 is 52.8 Å². The summed E-state index contributed by atoms with van der Waals surface area (Å²) in [6, 6.07) is 1.71. The fourth-order valence-corrected chi connectivity index (χ4v) is 1.73. The molecule has 2 atom stereocenters. The molecule has 0 fully saturated rings. The lowest BCUT2D eigenvalue weighted by molar-refractivity contribution is -0.385. The van der Waals surface area contributed by atoms with Crippen LogP contribution >= 0.6 is 0 Å². The first-order chi connectivity index (χ1) is 11.4. The van der Waals surface area contributed by atoms with Crippen LogP contribution in [0.5, 0.6) is 5.75 Å². The van der Waals surface area contributed by atoms with Crippen LogP contribution in [0.3, 0.4) is 0 Å². The Kier molecular flexibility index (Phi) is 6.31. The maximum absolute atomic E-state index is 12.2. The zero-order valence-electron chi connectivity index (χ0n) is 13.2. The highest BCUT2D eigenvalue weighted by molar-refractivity contribution is 5.99. The Hall–Kier alpha value is -2.85. The maximum atomic E-state index is 12.2.